The van der Waals surface area contributed by atoms with Crippen LogP contribution in [0.3, 0.4) is 0 Å². The van der Waals surface area contributed by atoms with Gasteiger partial charge in [-0.3, -0.25) is 4.79 Å². The van der Waals surface area contributed by atoms with Crippen molar-refractivity contribution in [2.24, 2.45) is 0 Å². The fourth-order valence-corrected chi connectivity index (χ4v) is 0.790. The fraction of sp³-hybridized carbons (Fsp3) is 0.714. The molecule has 0 radical (unpaired) electrons. The molecule has 66 valence electrons. The van der Waals surface area contributed by atoms with Crippen molar-refractivity contribution in [3.05, 3.63) is 0 Å². The van der Waals surface area contributed by atoms with E-state index in [0.717, 1.165) is 0 Å². The van der Waals surface area contributed by atoms with Crippen molar-refractivity contribution >= 4 is 5.91 Å². The summed E-state index contributed by atoms with van der Waals surface area (Å²) >= 11 is 0. The molecule has 0 heterocycles. The van der Waals surface area contributed by atoms with E-state index >= 15 is 0 Å². The van der Waals surface area contributed by atoms with Crippen molar-refractivity contribution in [1.82, 2.24) is 10.6 Å². The smallest absolute Gasteiger partial charge is 0.236 e. The van der Waals surface area contributed by atoms with Crippen molar-refractivity contribution in [2.75, 3.05) is 14.1 Å². The van der Waals surface area contributed by atoms with Crippen molar-refractivity contribution in [3.63, 3.8) is 0 Å². The molecule has 0 aliphatic carbocycles. The normalized spacial score (nSPS) is 11.7. The van der Waals surface area contributed by atoms with Crippen LogP contribution in [-0.4, -0.2) is 26.0 Å². The molecule has 0 aliphatic rings. The third-order valence-corrected chi connectivity index (χ3v) is 1.46. The summed E-state index contributed by atoms with van der Waals surface area (Å²) in [4.78, 5) is 11.0. The van der Waals surface area contributed by atoms with Gasteiger partial charge in [0.25, 0.3) is 0 Å². The van der Waals surface area contributed by atoms with Crippen LogP contribution in [-0.2, 0) is 4.79 Å². The van der Waals surface area contributed by atoms with Gasteiger partial charge in [-0.05, 0) is 13.5 Å². The lowest BCUT2D eigenvalue weighted by Gasteiger charge is -2.11. The van der Waals surface area contributed by atoms with E-state index in [1.54, 1.807) is 14.1 Å². The van der Waals surface area contributed by atoms with Crippen molar-refractivity contribution in [1.29, 1.82) is 5.26 Å². The summed E-state index contributed by atoms with van der Waals surface area (Å²) in [5, 5.41) is 13.6. The maximum atomic E-state index is 11.0. The standard InChI is InChI=1S/C7H13N3O.2H2/c1-9-6(4-3-5-8)7(11)10-2;;/h6,9H,3-4H2,1-2H3,(H,10,11);2*1H. The van der Waals surface area contributed by atoms with Gasteiger partial charge in [-0.15, -0.1) is 0 Å². The van der Waals surface area contributed by atoms with Crippen LogP contribution < -0.4 is 10.6 Å². The first-order chi connectivity index (χ1) is 5.26. The molecule has 0 saturated carbocycles. The predicted molar refractivity (Wildman–Crippen MR) is 46.0 cm³/mol. The lowest BCUT2D eigenvalue weighted by atomic mass is 10.1. The molecule has 0 spiro atoms. The van der Waals surface area contributed by atoms with E-state index < -0.39 is 0 Å². The minimum absolute atomic E-state index is 0. The van der Waals surface area contributed by atoms with Gasteiger partial charge in [-0.25, -0.2) is 0 Å². The minimum Gasteiger partial charge on any atom is -0.358 e. The molecular formula is C7H17N3O. The van der Waals surface area contributed by atoms with E-state index in [1.165, 1.54) is 0 Å². The molecule has 0 bridgehead atoms. The average molecular weight is 159 g/mol. The highest BCUT2D eigenvalue weighted by Crippen LogP contribution is 1.94. The Kier molecular flexibility index (Phi) is 5.13. The molecule has 11 heavy (non-hydrogen) atoms. The topological polar surface area (TPSA) is 64.9 Å². The minimum atomic E-state index is -0.236. The Hall–Kier alpha value is -1.08. The summed E-state index contributed by atoms with van der Waals surface area (Å²) in [5.74, 6) is -0.0669. The van der Waals surface area contributed by atoms with Gasteiger partial charge in [0.2, 0.25) is 5.91 Å². The lowest BCUT2D eigenvalue weighted by molar-refractivity contribution is -0.122. The van der Waals surface area contributed by atoms with Crippen LogP contribution in [0.15, 0.2) is 0 Å². The van der Waals surface area contributed by atoms with E-state index in [1.807, 2.05) is 6.07 Å². The van der Waals surface area contributed by atoms with E-state index in [0.29, 0.717) is 12.8 Å². The lowest BCUT2D eigenvalue weighted by Crippen LogP contribution is -2.40. The number of hydrogen-bond donors (Lipinski definition) is 2. The van der Waals surface area contributed by atoms with Gasteiger partial charge < -0.3 is 10.6 Å². The molecule has 0 aromatic heterocycles. The van der Waals surface area contributed by atoms with Crippen LogP contribution in [0.1, 0.15) is 15.7 Å². The monoisotopic (exact) mass is 159 g/mol. The molecule has 0 saturated heterocycles. The number of likely N-dealkylation sites (N-methyl/N-ethyl adjacent to an activating group) is 2. The van der Waals surface area contributed by atoms with Crippen molar-refractivity contribution < 1.29 is 7.65 Å². The molecule has 4 heteroatoms. The van der Waals surface area contributed by atoms with E-state index in [9.17, 15) is 4.79 Å². The number of nitriles is 1. The van der Waals surface area contributed by atoms with Gasteiger partial charge in [-0.1, -0.05) is 0 Å². The third kappa shape index (κ3) is 3.58. The summed E-state index contributed by atoms with van der Waals surface area (Å²) in [5.41, 5.74) is 0. The van der Waals surface area contributed by atoms with E-state index in [-0.39, 0.29) is 14.8 Å². The first-order valence-electron chi connectivity index (χ1n) is 3.52. The summed E-state index contributed by atoms with van der Waals surface area (Å²) in [6.07, 6.45) is 0.964. The van der Waals surface area contributed by atoms with Crippen molar-refractivity contribution in [2.45, 2.75) is 18.9 Å². The first kappa shape index (κ1) is 9.92. The molecular weight excluding hydrogens is 142 g/mol. The maximum Gasteiger partial charge on any atom is 0.236 e. The Morgan fingerprint density at radius 2 is 2.36 bits per heavy atom. The van der Waals surface area contributed by atoms with Gasteiger partial charge in [0, 0.05) is 16.3 Å². The summed E-state index contributed by atoms with van der Waals surface area (Å²) in [6.45, 7) is 0. The van der Waals surface area contributed by atoms with Crippen LogP contribution in [0, 0.1) is 11.3 Å². The molecule has 4 nitrogen and oxygen atoms in total. The molecule has 0 aromatic carbocycles. The highest BCUT2D eigenvalue weighted by atomic mass is 16.2. The molecule has 1 unspecified atom stereocenters. The Labute approximate surface area is 69.6 Å². The molecule has 2 N–H and O–H groups in total. The second-order valence-electron chi connectivity index (χ2n) is 2.15. The third-order valence-electron chi connectivity index (χ3n) is 1.46. The van der Waals surface area contributed by atoms with E-state index in [2.05, 4.69) is 10.6 Å². The number of amides is 1. The van der Waals surface area contributed by atoms with Gasteiger partial charge in [-0.2, -0.15) is 5.26 Å². The second-order valence-corrected chi connectivity index (χ2v) is 2.15. The number of carbonyl (C=O) groups is 1. The average Bonchev–Trinajstić information content (AvgIpc) is 2.05. The first-order valence-corrected chi connectivity index (χ1v) is 3.52. The predicted octanol–water partition coefficient (Wildman–Crippen LogP) is 0.116. The number of nitrogens with one attached hydrogen (secondary N) is 2. The van der Waals surface area contributed by atoms with Crippen LogP contribution in [0.4, 0.5) is 0 Å². The van der Waals surface area contributed by atoms with Crippen molar-refractivity contribution in [3.8, 4) is 6.07 Å². The Morgan fingerprint density at radius 1 is 1.73 bits per heavy atom. The zero-order valence-electron chi connectivity index (χ0n) is 6.85. The van der Waals surface area contributed by atoms with Crippen LogP contribution >= 0.6 is 0 Å². The van der Waals surface area contributed by atoms with Gasteiger partial charge in [0.05, 0.1) is 12.1 Å². The summed E-state index contributed by atoms with van der Waals surface area (Å²) in [6, 6.07) is 1.76. The van der Waals surface area contributed by atoms with Gasteiger partial charge >= 0.3 is 0 Å². The maximum absolute atomic E-state index is 11.0. The zero-order chi connectivity index (χ0) is 8.69. The van der Waals surface area contributed by atoms with Gasteiger partial charge in [0.15, 0.2) is 0 Å². The summed E-state index contributed by atoms with van der Waals surface area (Å²) < 4.78 is 0. The Bertz CT molecular complexity index is 170. The largest absolute Gasteiger partial charge is 0.358 e. The van der Waals surface area contributed by atoms with Crippen LogP contribution in [0.25, 0.3) is 0 Å². The highest BCUT2D eigenvalue weighted by molar-refractivity contribution is 5.81. The van der Waals surface area contributed by atoms with Crippen LogP contribution in [0.5, 0.6) is 0 Å². The number of hydrogen-bond acceptors (Lipinski definition) is 3. The molecule has 1 amide bonds. The molecule has 1 atom stereocenters. The summed E-state index contributed by atoms with van der Waals surface area (Å²) in [7, 11) is 3.29. The quantitative estimate of drug-likeness (QED) is 0.612. The molecule has 0 aliphatic heterocycles. The van der Waals surface area contributed by atoms with E-state index in [4.69, 9.17) is 5.26 Å². The number of nitrogens with zero attached hydrogens (tertiary/aromatic N) is 1. The molecule has 0 rings (SSSR count). The SMILES string of the molecule is CNC(=O)C(CCC#N)NC.[HH].[HH]. The number of carbonyl (C=O) groups excluding carboxylic acids is 1. The molecule has 0 aromatic rings. The van der Waals surface area contributed by atoms with Gasteiger partial charge in [0.1, 0.15) is 0 Å². The highest BCUT2D eigenvalue weighted by Gasteiger charge is 2.12. The molecule has 0 fully saturated rings. The zero-order valence-corrected chi connectivity index (χ0v) is 6.85. The Balaban J connectivity index is -0.000000500. The second kappa shape index (κ2) is 5.69. The fourth-order valence-electron chi connectivity index (χ4n) is 0.790. The number of rotatable bonds is 4. The van der Waals surface area contributed by atoms with Crippen LogP contribution in [0.2, 0.25) is 0 Å². The Morgan fingerprint density at radius 3 is 2.73 bits per heavy atom.